The number of nitrogens with zero attached hydrogens (tertiary/aromatic N) is 1. The molecule has 0 fully saturated rings. The molecule has 0 aliphatic rings. The zero-order valence-corrected chi connectivity index (χ0v) is 8.18. The highest BCUT2D eigenvalue weighted by Gasteiger charge is 2.03. The van der Waals surface area contributed by atoms with Gasteiger partial charge in [-0.3, -0.25) is 4.79 Å². The largest absolute Gasteiger partial charge is 0.346 e. The number of unbranched alkanes of at least 4 members (excludes halogenated alkanes) is 2. The van der Waals surface area contributed by atoms with Crippen LogP contribution in [0.4, 0.5) is 0 Å². The molecule has 0 spiro atoms. The van der Waals surface area contributed by atoms with Gasteiger partial charge >= 0.3 is 0 Å². The normalized spacial score (nSPS) is 9.92. The molecule has 0 bridgehead atoms. The average molecular weight is 172 g/mol. The minimum Gasteiger partial charge on any atom is -0.346 e. The zero-order valence-electron chi connectivity index (χ0n) is 8.18. The van der Waals surface area contributed by atoms with E-state index in [-0.39, 0.29) is 5.91 Å². The highest BCUT2D eigenvalue weighted by molar-refractivity contribution is 5.75. The van der Waals surface area contributed by atoms with Gasteiger partial charge in [-0.2, -0.15) is 0 Å². The van der Waals surface area contributed by atoms with E-state index in [1.807, 2.05) is 14.0 Å². The van der Waals surface area contributed by atoms with Crippen molar-refractivity contribution in [1.82, 2.24) is 4.90 Å². The summed E-state index contributed by atoms with van der Waals surface area (Å²) in [4.78, 5) is 12.9. The third-order valence-corrected chi connectivity index (χ3v) is 1.93. The molecule has 2 N–H and O–H groups in total. The smallest absolute Gasteiger partial charge is 0.222 e. The fourth-order valence-corrected chi connectivity index (χ4v) is 1.06. The molecule has 0 atom stereocenters. The molecule has 0 saturated heterocycles. The van der Waals surface area contributed by atoms with Crippen LogP contribution in [0, 0.1) is 0 Å². The Hall–Kier alpha value is -0.570. The van der Waals surface area contributed by atoms with Gasteiger partial charge in [-0.25, -0.2) is 0 Å². The summed E-state index contributed by atoms with van der Waals surface area (Å²) >= 11 is 0. The van der Waals surface area contributed by atoms with E-state index >= 15 is 0 Å². The molecule has 0 aromatic heterocycles. The number of carbonyl (C=O) groups excluding carboxylic acids is 1. The van der Waals surface area contributed by atoms with Gasteiger partial charge in [-0.15, -0.1) is 0 Å². The minimum absolute atomic E-state index is 0.225. The summed E-state index contributed by atoms with van der Waals surface area (Å²) in [5, 5.41) is 0. The third kappa shape index (κ3) is 5.13. The van der Waals surface area contributed by atoms with Gasteiger partial charge < -0.3 is 10.6 Å². The van der Waals surface area contributed by atoms with Crippen molar-refractivity contribution in [2.45, 2.75) is 32.6 Å². The molecule has 0 aromatic carbocycles. The van der Waals surface area contributed by atoms with E-state index in [1.54, 1.807) is 4.90 Å². The molecule has 0 radical (unpaired) electrons. The number of amides is 1. The number of hydrogen-bond donors (Lipinski definition) is 1. The van der Waals surface area contributed by atoms with E-state index in [0.29, 0.717) is 6.42 Å². The molecule has 0 rings (SSSR count). The van der Waals surface area contributed by atoms with Crippen LogP contribution < -0.4 is 5.73 Å². The highest BCUT2D eigenvalue weighted by atomic mass is 16.2. The van der Waals surface area contributed by atoms with Crippen molar-refractivity contribution in [2.75, 3.05) is 20.1 Å². The highest BCUT2D eigenvalue weighted by Crippen LogP contribution is 1.97. The molecule has 3 nitrogen and oxygen atoms in total. The molecular weight excluding hydrogens is 152 g/mol. The van der Waals surface area contributed by atoms with E-state index in [0.717, 1.165) is 32.4 Å². The van der Waals surface area contributed by atoms with Crippen molar-refractivity contribution in [3.8, 4) is 0 Å². The third-order valence-electron chi connectivity index (χ3n) is 1.93. The summed E-state index contributed by atoms with van der Waals surface area (Å²) < 4.78 is 0. The van der Waals surface area contributed by atoms with Crippen LogP contribution in [0.1, 0.15) is 32.6 Å². The van der Waals surface area contributed by atoms with E-state index < -0.39 is 0 Å². The van der Waals surface area contributed by atoms with E-state index in [1.165, 1.54) is 0 Å². The first-order chi connectivity index (χ1) is 5.72. The molecule has 0 heterocycles. The van der Waals surface area contributed by atoms with E-state index in [2.05, 4.69) is 0 Å². The summed E-state index contributed by atoms with van der Waals surface area (Å²) in [5.41, 5.74) is 5.35. The van der Waals surface area contributed by atoms with Crippen molar-refractivity contribution in [1.29, 1.82) is 0 Å². The SMILES string of the molecule is CCC(=O)N(C)CCCCCN. The number of hydrogen-bond acceptors (Lipinski definition) is 2. The minimum atomic E-state index is 0.225. The second-order valence-electron chi connectivity index (χ2n) is 3.02. The quantitative estimate of drug-likeness (QED) is 0.607. The van der Waals surface area contributed by atoms with Crippen molar-refractivity contribution in [3.05, 3.63) is 0 Å². The molecule has 3 heteroatoms. The average Bonchev–Trinajstić information content (AvgIpc) is 2.10. The first-order valence-electron chi connectivity index (χ1n) is 4.66. The standard InChI is InChI=1S/C9H20N2O/c1-3-9(12)11(2)8-6-4-5-7-10/h3-8,10H2,1-2H3. The summed E-state index contributed by atoms with van der Waals surface area (Å²) in [5.74, 6) is 0.225. The molecule has 0 unspecified atom stereocenters. The van der Waals surface area contributed by atoms with Crippen molar-refractivity contribution in [2.24, 2.45) is 5.73 Å². The van der Waals surface area contributed by atoms with Crippen LogP contribution >= 0.6 is 0 Å². The molecule has 0 aliphatic heterocycles. The maximum absolute atomic E-state index is 11.1. The Bertz CT molecular complexity index is 126. The van der Waals surface area contributed by atoms with E-state index in [4.69, 9.17) is 5.73 Å². The van der Waals surface area contributed by atoms with Crippen LogP contribution in [0.15, 0.2) is 0 Å². The van der Waals surface area contributed by atoms with Gasteiger partial charge in [0.05, 0.1) is 0 Å². The van der Waals surface area contributed by atoms with Crippen molar-refractivity contribution < 1.29 is 4.79 Å². The Kier molecular flexibility index (Phi) is 6.76. The maximum atomic E-state index is 11.1. The zero-order chi connectivity index (χ0) is 9.40. The lowest BCUT2D eigenvalue weighted by Crippen LogP contribution is -2.26. The summed E-state index contributed by atoms with van der Waals surface area (Å²) in [6.45, 7) is 3.51. The Morgan fingerprint density at radius 2 is 2.00 bits per heavy atom. The number of carbonyl (C=O) groups is 1. The fraction of sp³-hybridized carbons (Fsp3) is 0.889. The van der Waals surface area contributed by atoms with Gasteiger partial charge in [0, 0.05) is 20.0 Å². The lowest BCUT2D eigenvalue weighted by molar-refractivity contribution is -0.129. The second kappa shape index (κ2) is 7.10. The maximum Gasteiger partial charge on any atom is 0.222 e. The van der Waals surface area contributed by atoms with E-state index in [9.17, 15) is 4.79 Å². The first-order valence-corrected chi connectivity index (χ1v) is 4.66. The summed E-state index contributed by atoms with van der Waals surface area (Å²) in [7, 11) is 1.86. The molecule has 72 valence electrons. The van der Waals surface area contributed by atoms with Gasteiger partial charge in [0.2, 0.25) is 5.91 Å². The topological polar surface area (TPSA) is 46.3 Å². The lowest BCUT2D eigenvalue weighted by Gasteiger charge is -2.15. The first kappa shape index (κ1) is 11.4. The Morgan fingerprint density at radius 3 is 2.50 bits per heavy atom. The van der Waals surface area contributed by atoms with Gasteiger partial charge in [0.1, 0.15) is 0 Å². The van der Waals surface area contributed by atoms with Gasteiger partial charge in [0.25, 0.3) is 0 Å². The Balaban J connectivity index is 3.31. The predicted octanol–water partition coefficient (Wildman–Crippen LogP) is 0.984. The monoisotopic (exact) mass is 172 g/mol. The predicted molar refractivity (Wildman–Crippen MR) is 50.8 cm³/mol. The Labute approximate surface area is 74.9 Å². The van der Waals surface area contributed by atoms with Crippen LogP contribution in [0.25, 0.3) is 0 Å². The molecule has 0 aliphatic carbocycles. The van der Waals surface area contributed by atoms with Gasteiger partial charge in [-0.1, -0.05) is 13.3 Å². The summed E-state index contributed by atoms with van der Waals surface area (Å²) in [6.07, 6.45) is 3.86. The second-order valence-corrected chi connectivity index (χ2v) is 3.02. The fourth-order valence-electron chi connectivity index (χ4n) is 1.06. The summed E-state index contributed by atoms with van der Waals surface area (Å²) in [6, 6.07) is 0. The van der Waals surface area contributed by atoms with Gasteiger partial charge in [0.15, 0.2) is 0 Å². The molecule has 0 saturated carbocycles. The molecule has 12 heavy (non-hydrogen) atoms. The van der Waals surface area contributed by atoms with Crippen LogP contribution in [0.5, 0.6) is 0 Å². The number of rotatable bonds is 6. The van der Waals surface area contributed by atoms with Crippen molar-refractivity contribution in [3.63, 3.8) is 0 Å². The molecular formula is C9H20N2O. The number of nitrogens with two attached hydrogens (primary N) is 1. The lowest BCUT2D eigenvalue weighted by atomic mass is 10.2. The molecule has 1 amide bonds. The van der Waals surface area contributed by atoms with Crippen LogP contribution in [0.2, 0.25) is 0 Å². The Morgan fingerprint density at radius 1 is 1.33 bits per heavy atom. The molecule has 0 aromatic rings. The van der Waals surface area contributed by atoms with Crippen LogP contribution in [-0.2, 0) is 4.79 Å². The van der Waals surface area contributed by atoms with Crippen LogP contribution in [0.3, 0.4) is 0 Å². The van der Waals surface area contributed by atoms with Crippen molar-refractivity contribution >= 4 is 5.91 Å². The van der Waals surface area contributed by atoms with Crippen LogP contribution in [-0.4, -0.2) is 30.9 Å². The van der Waals surface area contributed by atoms with Gasteiger partial charge in [-0.05, 0) is 19.4 Å².